The number of hydrogen-bond acceptors (Lipinski definition) is 4. The molecule has 0 unspecified atom stereocenters. The molecule has 0 fully saturated rings. The number of halogens is 2. The Hall–Kier alpha value is -1.72. The maximum Gasteiger partial charge on any atom is 0.358 e. The molecule has 0 bridgehead atoms. The first-order valence-corrected chi connectivity index (χ1v) is 6.01. The van der Waals surface area contributed by atoms with E-state index in [4.69, 9.17) is 37.6 Å². The van der Waals surface area contributed by atoms with Crippen LogP contribution in [0.3, 0.4) is 0 Å². The van der Waals surface area contributed by atoms with Crippen LogP contribution in [0, 0.1) is 6.92 Å². The number of para-hydroxylation sites is 1. The molecule has 5 nitrogen and oxygen atoms in total. The van der Waals surface area contributed by atoms with Crippen molar-refractivity contribution < 1.29 is 19.2 Å². The lowest BCUT2D eigenvalue weighted by molar-refractivity contribution is 0.0683. The average Bonchev–Trinajstić information content (AvgIpc) is 2.70. The van der Waals surface area contributed by atoms with Crippen LogP contribution in [-0.4, -0.2) is 16.2 Å². The van der Waals surface area contributed by atoms with E-state index < -0.39 is 5.97 Å². The van der Waals surface area contributed by atoms with Gasteiger partial charge in [0.1, 0.15) is 12.4 Å². The molecule has 2 rings (SSSR count). The van der Waals surface area contributed by atoms with Crippen LogP contribution in [0.5, 0.6) is 5.75 Å². The van der Waals surface area contributed by atoms with Gasteiger partial charge in [-0.15, -0.1) is 0 Å². The van der Waals surface area contributed by atoms with E-state index in [0.717, 1.165) is 0 Å². The van der Waals surface area contributed by atoms with Gasteiger partial charge in [0.25, 0.3) is 0 Å². The summed E-state index contributed by atoms with van der Waals surface area (Å²) in [5, 5.41) is 13.1. The van der Waals surface area contributed by atoms with Crippen LogP contribution in [0.15, 0.2) is 22.7 Å². The quantitative estimate of drug-likeness (QED) is 0.934. The molecule has 0 aliphatic heterocycles. The fourth-order valence-electron chi connectivity index (χ4n) is 1.49. The Bertz CT molecular complexity index is 604. The molecule has 0 amide bonds. The van der Waals surface area contributed by atoms with Crippen molar-refractivity contribution >= 4 is 29.2 Å². The Morgan fingerprint density at radius 3 is 2.63 bits per heavy atom. The van der Waals surface area contributed by atoms with E-state index in [0.29, 0.717) is 27.1 Å². The number of carbonyl (C=O) groups is 1. The van der Waals surface area contributed by atoms with Gasteiger partial charge in [0, 0.05) is 0 Å². The topological polar surface area (TPSA) is 72.6 Å². The minimum absolute atomic E-state index is 0.0413. The highest BCUT2D eigenvalue weighted by Crippen LogP contribution is 2.33. The summed E-state index contributed by atoms with van der Waals surface area (Å²) in [7, 11) is 0. The molecule has 1 N–H and O–H groups in total. The minimum Gasteiger partial charge on any atom is -0.486 e. The van der Waals surface area contributed by atoms with E-state index in [1.165, 1.54) is 0 Å². The fourth-order valence-corrected chi connectivity index (χ4v) is 2.00. The zero-order valence-electron chi connectivity index (χ0n) is 9.81. The van der Waals surface area contributed by atoms with Crippen molar-refractivity contribution in [1.82, 2.24) is 5.16 Å². The monoisotopic (exact) mass is 301 g/mol. The van der Waals surface area contributed by atoms with E-state index in [2.05, 4.69) is 5.16 Å². The molecule has 1 heterocycles. The molecule has 0 spiro atoms. The lowest BCUT2D eigenvalue weighted by Crippen LogP contribution is -2.05. The van der Waals surface area contributed by atoms with Crippen molar-refractivity contribution in [2.75, 3.05) is 0 Å². The minimum atomic E-state index is -1.18. The molecule has 0 saturated carbocycles. The summed E-state index contributed by atoms with van der Waals surface area (Å²) >= 11 is 11.9. The number of nitrogens with zero attached hydrogens (tertiary/aromatic N) is 1. The van der Waals surface area contributed by atoms with Gasteiger partial charge in [-0.3, -0.25) is 0 Å². The van der Waals surface area contributed by atoms with Crippen molar-refractivity contribution in [2.24, 2.45) is 0 Å². The predicted molar refractivity (Wildman–Crippen MR) is 69.0 cm³/mol. The highest BCUT2D eigenvalue weighted by atomic mass is 35.5. The number of rotatable bonds is 4. The molecular formula is C12H9Cl2NO4. The van der Waals surface area contributed by atoms with Crippen LogP contribution >= 0.6 is 23.2 Å². The molecule has 0 saturated heterocycles. The number of aromatic carboxylic acids is 1. The Kier molecular flexibility index (Phi) is 3.97. The second kappa shape index (κ2) is 5.50. The van der Waals surface area contributed by atoms with Gasteiger partial charge >= 0.3 is 5.97 Å². The smallest absolute Gasteiger partial charge is 0.358 e. The summed E-state index contributed by atoms with van der Waals surface area (Å²) in [6.45, 7) is 1.56. The van der Waals surface area contributed by atoms with Gasteiger partial charge in [-0.1, -0.05) is 34.4 Å². The zero-order chi connectivity index (χ0) is 14.0. The van der Waals surface area contributed by atoms with E-state index in [-0.39, 0.29) is 12.3 Å². The normalized spacial score (nSPS) is 10.5. The van der Waals surface area contributed by atoms with Gasteiger partial charge < -0.3 is 14.4 Å². The van der Waals surface area contributed by atoms with E-state index in [1.54, 1.807) is 25.1 Å². The summed E-state index contributed by atoms with van der Waals surface area (Å²) in [4.78, 5) is 11.0. The lowest BCUT2D eigenvalue weighted by atomic mass is 10.2. The van der Waals surface area contributed by atoms with E-state index >= 15 is 0 Å². The molecule has 2 aromatic rings. The van der Waals surface area contributed by atoms with Crippen molar-refractivity contribution in [2.45, 2.75) is 13.5 Å². The Balaban J connectivity index is 2.24. The van der Waals surface area contributed by atoms with Gasteiger partial charge in [0.2, 0.25) is 0 Å². The first-order chi connectivity index (χ1) is 9.00. The van der Waals surface area contributed by atoms with Crippen molar-refractivity contribution in [3.63, 3.8) is 0 Å². The molecule has 1 aromatic heterocycles. The summed E-state index contributed by atoms with van der Waals surface area (Å²) in [6, 6.07) is 4.94. The summed E-state index contributed by atoms with van der Waals surface area (Å²) in [5.41, 5.74) is 0.171. The van der Waals surface area contributed by atoms with Crippen LogP contribution in [0.25, 0.3) is 0 Å². The maximum atomic E-state index is 11.0. The van der Waals surface area contributed by atoms with Gasteiger partial charge in [-0.25, -0.2) is 4.79 Å². The molecule has 0 aliphatic carbocycles. The Labute approximate surface area is 118 Å². The number of hydrogen-bond donors (Lipinski definition) is 1. The summed E-state index contributed by atoms with van der Waals surface area (Å²) in [5.74, 6) is -0.510. The Morgan fingerprint density at radius 1 is 1.42 bits per heavy atom. The standard InChI is InChI=1S/C12H9Cl2NO4/c1-6-7(10(12(16)17)15-19-6)5-18-11-8(13)3-2-4-9(11)14/h2-4H,5H2,1H3,(H,16,17). The zero-order valence-corrected chi connectivity index (χ0v) is 11.3. The molecule has 100 valence electrons. The highest BCUT2D eigenvalue weighted by Gasteiger charge is 2.20. The molecule has 0 atom stereocenters. The number of carboxylic acids is 1. The van der Waals surface area contributed by atoms with Crippen LogP contribution in [0.4, 0.5) is 0 Å². The fraction of sp³-hybridized carbons (Fsp3) is 0.167. The van der Waals surface area contributed by atoms with Crippen molar-refractivity contribution in [1.29, 1.82) is 0 Å². The number of aryl methyl sites for hydroxylation is 1. The van der Waals surface area contributed by atoms with Crippen LogP contribution in [0.2, 0.25) is 10.0 Å². The first kappa shape index (κ1) is 13.7. The van der Waals surface area contributed by atoms with Gasteiger partial charge in [0.05, 0.1) is 15.6 Å². The molecule has 19 heavy (non-hydrogen) atoms. The van der Waals surface area contributed by atoms with Crippen LogP contribution < -0.4 is 4.74 Å². The summed E-state index contributed by atoms with van der Waals surface area (Å²) in [6.07, 6.45) is 0. The van der Waals surface area contributed by atoms with Gasteiger partial charge in [-0.2, -0.15) is 0 Å². The summed E-state index contributed by atoms with van der Waals surface area (Å²) < 4.78 is 10.3. The predicted octanol–water partition coefficient (Wildman–Crippen LogP) is 3.57. The molecule has 0 aliphatic rings. The van der Waals surface area contributed by atoms with Crippen molar-refractivity contribution in [3.8, 4) is 5.75 Å². The van der Waals surface area contributed by atoms with Gasteiger partial charge in [0.15, 0.2) is 11.4 Å². The lowest BCUT2D eigenvalue weighted by Gasteiger charge is -2.09. The number of carboxylic acid groups (broad SMARTS) is 1. The largest absolute Gasteiger partial charge is 0.486 e. The SMILES string of the molecule is Cc1onc(C(=O)O)c1COc1c(Cl)cccc1Cl. The second-order valence-electron chi connectivity index (χ2n) is 3.71. The third-order valence-corrected chi connectivity index (χ3v) is 3.06. The van der Waals surface area contributed by atoms with Gasteiger partial charge in [-0.05, 0) is 19.1 Å². The Morgan fingerprint density at radius 2 is 2.05 bits per heavy atom. The second-order valence-corrected chi connectivity index (χ2v) is 4.52. The molecule has 7 heteroatoms. The molecule has 0 radical (unpaired) electrons. The number of benzene rings is 1. The third-order valence-electron chi connectivity index (χ3n) is 2.47. The third kappa shape index (κ3) is 2.83. The van der Waals surface area contributed by atoms with Crippen LogP contribution in [-0.2, 0) is 6.61 Å². The number of ether oxygens (including phenoxy) is 1. The maximum absolute atomic E-state index is 11.0. The number of aromatic nitrogens is 1. The van der Waals surface area contributed by atoms with E-state index in [1.807, 2.05) is 0 Å². The molecular weight excluding hydrogens is 293 g/mol. The van der Waals surface area contributed by atoms with Crippen LogP contribution in [0.1, 0.15) is 21.8 Å². The first-order valence-electron chi connectivity index (χ1n) is 5.26. The van der Waals surface area contributed by atoms with E-state index in [9.17, 15) is 4.79 Å². The highest BCUT2D eigenvalue weighted by molar-refractivity contribution is 6.37. The average molecular weight is 302 g/mol. The molecule has 1 aromatic carbocycles. The van der Waals surface area contributed by atoms with Crippen molar-refractivity contribution in [3.05, 3.63) is 45.3 Å².